The molecule has 3 aromatic rings. The molecule has 3 heterocycles. The van der Waals surface area contributed by atoms with Crippen LogP contribution in [0.3, 0.4) is 0 Å². The largest absolute Gasteiger partial charge is 0.403 e. The summed E-state index contributed by atoms with van der Waals surface area (Å²) in [6.07, 6.45) is 1.31. The van der Waals surface area contributed by atoms with E-state index in [1.54, 1.807) is 6.20 Å². The molecule has 16 heteroatoms. The fraction of sp³-hybridized carbons (Fsp3) is 0.409. The molecule has 2 unspecified atom stereocenters. The van der Waals surface area contributed by atoms with Crippen molar-refractivity contribution in [2.45, 2.75) is 44.2 Å². The number of aromatic amines is 2. The second kappa shape index (κ2) is 11.4. The van der Waals surface area contributed by atoms with Gasteiger partial charge in [0.15, 0.2) is 0 Å². The standard InChI is InChI=1S/C22H27N8O7P/c1-12-10-30(22(33)26-20(12)31)19-8-16(27-29-23)18(37-19)11-36-38(34,35)28-17(21(32)24-2)7-13-9-25-15-6-4-3-5-14(13)15/h3-6,9-10,16-19,25H,7-8,11H2,1-2H3,(H,24,32)(H,26,31,33)(H2,28,34,35)/t16-,17-,18-,19?/m1/s1. The molecule has 0 saturated carbocycles. The molecule has 0 aliphatic carbocycles. The van der Waals surface area contributed by atoms with Crippen molar-refractivity contribution in [2.24, 2.45) is 5.11 Å². The summed E-state index contributed by atoms with van der Waals surface area (Å²) in [7, 11) is -3.15. The number of azide groups is 1. The van der Waals surface area contributed by atoms with E-state index >= 15 is 0 Å². The minimum Gasteiger partial charge on any atom is -0.361 e. The molecule has 5 N–H and O–H groups in total. The molecule has 0 radical (unpaired) electrons. The predicted octanol–water partition coefficient (Wildman–Crippen LogP) is 1.36. The van der Waals surface area contributed by atoms with Crippen LogP contribution in [0, 0.1) is 6.92 Å². The number of likely N-dealkylation sites (N-methyl/N-ethyl adjacent to an activating group) is 1. The number of hydrogen-bond acceptors (Lipinski definition) is 7. The lowest BCUT2D eigenvalue weighted by molar-refractivity contribution is -0.122. The van der Waals surface area contributed by atoms with Crippen LogP contribution in [-0.4, -0.2) is 57.2 Å². The van der Waals surface area contributed by atoms with Gasteiger partial charge in [-0.15, -0.1) is 0 Å². The summed E-state index contributed by atoms with van der Waals surface area (Å²) >= 11 is 0. The monoisotopic (exact) mass is 546 g/mol. The first kappa shape index (κ1) is 27.3. The van der Waals surface area contributed by atoms with Gasteiger partial charge in [-0.2, -0.15) is 0 Å². The van der Waals surface area contributed by atoms with Crippen molar-refractivity contribution in [3.63, 3.8) is 0 Å². The number of nitrogens with zero attached hydrogens (tertiary/aromatic N) is 4. The van der Waals surface area contributed by atoms with E-state index in [1.165, 1.54) is 20.2 Å². The molecule has 1 amide bonds. The van der Waals surface area contributed by atoms with Crippen LogP contribution in [0.25, 0.3) is 21.3 Å². The molecule has 0 bridgehead atoms. The van der Waals surface area contributed by atoms with E-state index < -0.39 is 55.9 Å². The molecule has 15 nitrogen and oxygen atoms in total. The second-order valence-corrected chi connectivity index (χ2v) is 10.3. The van der Waals surface area contributed by atoms with Crippen molar-refractivity contribution in [1.82, 2.24) is 24.9 Å². The van der Waals surface area contributed by atoms with E-state index in [-0.39, 0.29) is 18.4 Å². The zero-order chi connectivity index (χ0) is 27.4. The number of aromatic nitrogens is 3. The van der Waals surface area contributed by atoms with E-state index in [9.17, 15) is 23.8 Å². The van der Waals surface area contributed by atoms with Gasteiger partial charge in [-0.1, -0.05) is 23.3 Å². The van der Waals surface area contributed by atoms with Crippen molar-refractivity contribution < 1.29 is 23.5 Å². The average molecular weight is 546 g/mol. The number of amides is 1. The molecular weight excluding hydrogens is 519 g/mol. The number of rotatable bonds is 10. The molecule has 202 valence electrons. The van der Waals surface area contributed by atoms with Crippen molar-refractivity contribution in [2.75, 3.05) is 13.7 Å². The van der Waals surface area contributed by atoms with Crippen molar-refractivity contribution >= 4 is 24.6 Å². The highest BCUT2D eigenvalue weighted by molar-refractivity contribution is 7.50. The lowest BCUT2D eigenvalue weighted by Crippen LogP contribution is -2.43. The van der Waals surface area contributed by atoms with Crippen LogP contribution in [0.2, 0.25) is 0 Å². The Hall–Kier alpha value is -3.71. The van der Waals surface area contributed by atoms with Gasteiger partial charge in [-0.25, -0.2) is 14.4 Å². The summed E-state index contributed by atoms with van der Waals surface area (Å²) in [5.74, 6) is -0.523. The Labute approximate surface area is 215 Å². The van der Waals surface area contributed by atoms with E-state index in [1.807, 2.05) is 24.3 Å². The Bertz CT molecular complexity index is 1540. The summed E-state index contributed by atoms with van der Waals surface area (Å²) in [5, 5.41) is 9.39. The number of fused-ring (bicyclic) bond motifs is 1. The number of carbonyl (C=O) groups is 1. The fourth-order valence-corrected chi connectivity index (χ4v) is 5.35. The van der Waals surface area contributed by atoms with Crippen LogP contribution < -0.4 is 21.7 Å². The normalized spacial score (nSPS) is 21.5. The van der Waals surface area contributed by atoms with E-state index in [0.29, 0.717) is 0 Å². The SMILES string of the molecule is CNC(=O)[C@@H](Cc1c[nH]c2ccccc12)NP(=O)(O)OC[C@H]1OC(n2cc(C)c(=O)[nH]c2=O)C[C@H]1N=[N+]=[N-]. The van der Waals surface area contributed by atoms with Gasteiger partial charge < -0.3 is 19.9 Å². The number of para-hydroxylation sites is 1. The average Bonchev–Trinajstić information content (AvgIpc) is 3.48. The van der Waals surface area contributed by atoms with Crippen LogP contribution in [0.15, 0.2) is 51.4 Å². The molecule has 1 aliphatic heterocycles. The van der Waals surface area contributed by atoms with Crippen LogP contribution in [0.1, 0.15) is 23.8 Å². The molecule has 5 atom stereocenters. The number of ether oxygens (including phenoxy) is 1. The highest BCUT2D eigenvalue weighted by Gasteiger charge is 2.39. The summed E-state index contributed by atoms with van der Waals surface area (Å²) in [6, 6.07) is 5.52. The third-order valence-electron chi connectivity index (χ3n) is 6.25. The van der Waals surface area contributed by atoms with E-state index in [4.69, 9.17) is 14.8 Å². The molecule has 1 aromatic carbocycles. The Balaban J connectivity index is 1.46. The molecule has 1 aliphatic rings. The van der Waals surface area contributed by atoms with Crippen LogP contribution >= 0.6 is 7.75 Å². The van der Waals surface area contributed by atoms with Gasteiger partial charge in [-0.3, -0.25) is 23.7 Å². The van der Waals surface area contributed by atoms with E-state index in [0.717, 1.165) is 21.0 Å². The first-order valence-electron chi connectivity index (χ1n) is 11.7. The zero-order valence-electron chi connectivity index (χ0n) is 20.5. The van der Waals surface area contributed by atoms with Gasteiger partial charge in [0.05, 0.1) is 18.8 Å². The second-order valence-electron chi connectivity index (χ2n) is 8.79. The number of benzene rings is 1. The summed E-state index contributed by atoms with van der Waals surface area (Å²) in [5.41, 5.74) is 9.58. The highest BCUT2D eigenvalue weighted by Crippen LogP contribution is 2.40. The maximum Gasteiger partial charge on any atom is 0.403 e. The van der Waals surface area contributed by atoms with Gasteiger partial charge in [0.2, 0.25) is 5.91 Å². The lowest BCUT2D eigenvalue weighted by atomic mass is 10.1. The summed E-state index contributed by atoms with van der Waals surface area (Å²) in [4.78, 5) is 55.0. The van der Waals surface area contributed by atoms with Gasteiger partial charge in [-0.05, 0) is 30.5 Å². The first-order valence-corrected chi connectivity index (χ1v) is 13.2. The fourth-order valence-electron chi connectivity index (χ4n) is 4.32. The third kappa shape index (κ3) is 6.05. The number of nitrogens with one attached hydrogen (secondary N) is 4. The number of H-pyrrole nitrogens is 2. The molecule has 1 saturated heterocycles. The van der Waals surface area contributed by atoms with Gasteiger partial charge >= 0.3 is 13.4 Å². The maximum absolute atomic E-state index is 12.9. The summed E-state index contributed by atoms with van der Waals surface area (Å²) < 4.78 is 25.1. The number of carbonyl (C=O) groups excluding carboxylic acids is 1. The smallest absolute Gasteiger partial charge is 0.361 e. The Kier molecular flexibility index (Phi) is 8.17. The topological polar surface area (TPSA) is 216 Å². The van der Waals surface area contributed by atoms with Crippen LogP contribution in [0.5, 0.6) is 0 Å². The van der Waals surface area contributed by atoms with E-state index in [2.05, 4.69) is 30.4 Å². The maximum atomic E-state index is 12.9. The van der Waals surface area contributed by atoms with Crippen molar-refractivity contribution in [3.05, 3.63) is 79.1 Å². The Morgan fingerprint density at radius 1 is 1.42 bits per heavy atom. The van der Waals surface area contributed by atoms with Crippen LogP contribution in [0.4, 0.5) is 0 Å². The minimum atomic E-state index is -4.56. The predicted molar refractivity (Wildman–Crippen MR) is 136 cm³/mol. The summed E-state index contributed by atoms with van der Waals surface area (Å²) in [6.45, 7) is 1.04. The number of hydrogen-bond donors (Lipinski definition) is 5. The molecule has 4 rings (SSSR count). The van der Waals surface area contributed by atoms with Gasteiger partial charge in [0.1, 0.15) is 12.3 Å². The van der Waals surface area contributed by atoms with Gasteiger partial charge in [0.25, 0.3) is 5.56 Å². The van der Waals surface area contributed by atoms with Crippen molar-refractivity contribution in [1.29, 1.82) is 0 Å². The number of aryl methyl sites for hydroxylation is 1. The first-order chi connectivity index (χ1) is 18.1. The minimum absolute atomic E-state index is 0.0636. The van der Waals surface area contributed by atoms with Crippen molar-refractivity contribution in [3.8, 4) is 0 Å². The van der Waals surface area contributed by atoms with Gasteiger partial charge in [0, 0.05) is 47.2 Å². The molecule has 38 heavy (non-hydrogen) atoms. The molecular formula is C22H27N8O7P. The Morgan fingerprint density at radius 3 is 2.92 bits per heavy atom. The zero-order valence-corrected chi connectivity index (χ0v) is 21.4. The quantitative estimate of drug-likeness (QED) is 0.108. The highest BCUT2D eigenvalue weighted by atomic mass is 31.2. The molecule has 1 fully saturated rings. The molecule has 2 aromatic heterocycles. The Morgan fingerprint density at radius 2 is 2.18 bits per heavy atom. The molecule has 0 spiro atoms. The van der Waals surface area contributed by atoms with Crippen LogP contribution in [-0.2, 0) is 25.0 Å². The lowest BCUT2D eigenvalue weighted by Gasteiger charge is -2.23. The third-order valence-corrected chi connectivity index (χ3v) is 7.39.